The molecule has 0 aliphatic heterocycles. The number of para-hydroxylation sites is 1. The minimum atomic E-state index is -1.03. The van der Waals surface area contributed by atoms with E-state index in [-0.39, 0.29) is 16.4 Å². The number of fused-ring (bicyclic) bond motifs is 6. The van der Waals surface area contributed by atoms with Gasteiger partial charge in [0.05, 0.1) is 11.3 Å². The first-order valence-electron chi connectivity index (χ1n) is 14.4. The van der Waals surface area contributed by atoms with Gasteiger partial charge in [0.1, 0.15) is 0 Å². The summed E-state index contributed by atoms with van der Waals surface area (Å²) in [4.78, 5) is 14.4. The van der Waals surface area contributed by atoms with Crippen LogP contribution in [0.4, 0.5) is 17.1 Å². The quantitative estimate of drug-likeness (QED) is 0.223. The van der Waals surface area contributed by atoms with Crippen LogP contribution >= 0.6 is 0 Å². The van der Waals surface area contributed by atoms with E-state index in [4.69, 9.17) is 0 Å². The fourth-order valence-corrected chi connectivity index (χ4v) is 7.13. The number of hydrogen-bond donors (Lipinski definition) is 1. The fraction of sp³-hybridized carbons (Fsp3) is 0.154. The van der Waals surface area contributed by atoms with Crippen LogP contribution in [-0.4, -0.2) is 11.1 Å². The van der Waals surface area contributed by atoms with Crippen molar-refractivity contribution in [2.75, 3.05) is 4.90 Å². The Balaban J connectivity index is 1.47. The van der Waals surface area contributed by atoms with Gasteiger partial charge in [-0.15, -0.1) is 0 Å². The van der Waals surface area contributed by atoms with E-state index in [9.17, 15) is 9.90 Å². The molecule has 0 saturated heterocycles. The van der Waals surface area contributed by atoms with Crippen molar-refractivity contribution in [2.45, 2.75) is 38.5 Å². The lowest BCUT2D eigenvalue weighted by Gasteiger charge is -2.31. The molecule has 0 fully saturated rings. The summed E-state index contributed by atoms with van der Waals surface area (Å²) < 4.78 is 0. The third-order valence-electron chi connectivity index (χ3n) is 9.38. The number of carboxylic acids is 1. The maximum Gasteiger partial charge on any atom is 0.335 e. The van der Waals surface area contributed by atoms with E-state index >= 15 is 0 Å². The van der Waals surface area contributed by atoms with Gasteiger partial charge >= 0.3 is 5.97 Å². The Morgan fingerprint density at radius 1 is 0.595 bits per heavy atom. The first-order valence-corrected chi connectivity index (χ1v) is 14.4. The number of anilines is 3. The summed E-state index contributed by atoms with van der Waals surface area (Å²) in [5.74, 6) is -1.03. The van der Waals surface area contributed by atoms with Gasteiger partial charge in [0.2, 0.25) is 0 Å². The molecule has 0 unspecified atom stereocenters. The standard InChI is InChI=1S/C39H33NO2/c1-24(37(41)42)27-12-8-11-17-36(27)40(25-18-20-30-28-13-6-9-15-32(28)38(2,3)34(30)22-25)26-19-21-31-29-14-7-10-16-33(29)39(4,5)35(31)23-26/h6-23H,1H2,2-5H3,(H,41,42). The van der Waals surface area contributed by atoms with Gasteiger partial charge in [-0.1, -0.05) is 113 Å². The van der Waals surface area contributed by atoms with Crippen LogP contribution in [0.1, 0.15) is 55.5 Å². The molecular weight excluding hydrogens is 514 g/mol. The Bertz CT molecular complexity index is 1840. The first kappa shape index (κ1) is 26.0. The number of carbonyl (C=O) groups is 1. The van der Waals surface area contributed by atoms with E-state index in [1.807, 2.05) is 24.3 Å². The van der Waals surface area contributed by atoms with E-state index in [0.29, 0.717) is 5.56 Å². The zero-order valence-electron chi connectivity index (χ0n) is 24.4. The van der Waals surface area contributed by atoms with Crippen molar-refractivity contribution in [3.05, 3.63) is 144 Å². The Hall–Kier alpha value is -4.89. The molecule has 7 rings (SSSR count). The maximum absolute atomic E-state index is 12.2. The summed E-state index contributed by atoms with van der Waals surface area (Å²) >= 11 is 0. The lowest BCUT2D eigenvalue weighted by atomic mass is 9.82. The van der Waals surface area contributed by atoms with Crippen LogP contribution in [0.3, 0.4) is 0 Å². The van der Waals surface area contributed by atoms with Gasteiger partial charge in [-0.05, 0) is 74.8 Å². The van der Waals surface area contributed by atoms with Crippen molar-refractivity contribution in [1.82, 2.24) is 0 Å². The second-order valence-electron chi connectivity index (χ2n) is 12.4. The van der Waals surface area contributed by atoms with Crippen molar-refractivity contribution in [1.29, 1.82) is 0 Å². The topological polar surface area (TPSA) is 40.5 Å². The fourth-order valence-electron chi connectivity index (χ4n) is 7.13. The molecule has 0 aromatic heterocycles. The van der Waals surface area contributed by atoms with Gasteiger partial charge in [-0.3, -0.25) is 0 Å². The summed E-state index contributed by atoms with van der Waals surface area (Å²) in [5.41, 5.74) is 13.3. The highest BCUT2D eigenvalue weighted by atomic mass is 16.4. The molecule has 42 heavy (non-hydrogen) atoms. The lowest BCUT2D eigenvalue weighted by Crippen LogP contribution is -2.18. The molecule has 5 aromatic rings. The van der Waals surface area contributed by atoms with Crippen LogP contribution in [-0.2, 0) is 15.6 Å². The first-order chi connectivity index (χ1) is 20.1. The van der Waals surface area contributed by atoms with Gasteiger partial charge in [0.15, 0.2) is 0 Å². The Kier molecular flexibility index (Phi) is 5.61. The second kappa shape index (κ2) is 9.06. The summed E-state index contributed by atoms with van der Waals surface area (Å²) in [6.45, 7) is 13.1. The molecule has 0 radical (unpaired) electrons. The maximum atomic E-state index is 12.2. The summed E-state index contributed by atoms with van der Waals surface area (Å²) in [6, 6.07) is 38.2. The third-order valence-corrected chi connectivity index (χ3v) is 9.38. The molecule has 3 heteroatoms. The molecule has 1 N–H and O–H groups in total. The third kappa shape index (κ3) is 3.63. The zero-order valence-corrected chi connectivity index (χ0v) is 24.4. The van der Waals surface area contributed by atoms with E-state index < -0.39 is 5.97 Å². The number of aliphatic carboxylic acids is 1. The highest BCUT2D eigenvalue weighted by Crippen LogP contribution is 2.53. The van der Waals surface area contributed by atoms with E-state index in [0.717, 1.165) is 17.1 Å². The molecule has 0 spiro atoms. The minimum Gasteiger partial charge on any atom is -0.478 e. The van der Waals surface area contributed by atoms with Gasteiger partial charge < -0.3 is 10.0 Å². The molecule has 2 aliphatic rings. The smallest absolute Gasteiger partial charge is 0.335 e. The van der Waals surface area contributed by atoms with Crippen LogP contribution < -0.4 is 4.90 Å². The van der Waals surface area contributed by atoms with Gasteiger partial charge in [-0.25, -0.2) is 4.79 Å². The number of hydrogen-bond acceptors (Lipinski definition) is 2. The van der Waals surface area contributed by atoms with Crippen LogP contribution in [0, 0.1) is 0 Å². The predicted molar refractivity (Wildman–Crippen MR) is 173 cm³/mol. The molecule has 5 aromatic carbocycles. The van der Waals surface area contributed by atoms with Crippen molar-refractivity contribution in [3.63, 3.8) is 0 Å². The molecule has 2 aliphatic carbocycles. The molecule has 3 nitrogen and oxygen atoms in total. The Morgan fingerprint density at radius 2 is 1.02 bits per heavy atom. The van der Waals surface area contributed by atoms with Crippen molar-refractivity contribution in [2.24, 2.45) is 0 Å². The Labute approximate surface area is 247 Å². The van der Waals surface area contributed by atoms with Crippen LogP contribution in [0.15, 0.2) is 116 Å². The van der Waals surface area contributed by atoms with Gasteiger partial charge in [0.25, 0.3) is 0 Å². The normalized spacial score (nSPS) is 14.9. The molecule has 0 bridgehead atoms. The number of carboxylic acid groups (broad SMARTS) is 1. The number of rotatable bonds is 5. The SMILES string of the molecule is C=C(C(=O)O)c1ccccc1N(c1ccc2c(c1)C(C)(C)c1ccccc1-2)c1ccc2c(c1)C(C)(C)c1ccccc1-2. The summed E-state index contributed by atoms with van der Waals surface area (Å²) in [7, 11) is 0. The average molecular weight is 548 g/mol. The van der Waals surface area contributed by atoms with Crippen LogP contribution in [0.2, 0.25) is 0 Å². The Morgan fingerprint density at radius 3 is 1.52 bits per heavy atom. The van der Waals surface area contributed by atoms with Crippen LogP contribution in [0.5, 0.6) is 0 Å². The zero-order chi connectivity index (χ0) is 29.4. The van der Waals surface area contributed by atoms with E-state index in [1.165, 1.54) is 44.5 Å². The number of benzene rings is 5. The van der Waals surface area contributed by atoms with E-state index in [2.05, 4.69) is 124 Å². The second-order valence-corrected chi connectivity index (χ2v) is 12.4. The van der Waals surface area contributed by atoms with E-state index in [1.54, 1.807) is 0 Å². The molecule has 206 valence electrons. The van der Waals surface area contributed by atoms with Crippen molar-refractivity contribution in [3.8, 4) is 22.3 Å². The van der Waals surface area contributed by atoms with Gasteiger partial charge in [0, 0.05) is 27.8 Å². The minimum absolute atomic E-state index is 0.0680. The van der Waals surface area contributed by atoms with Crippen molar-refractivity contribution < 1.29 is 9.90 Å². The number of nitrogens with zero attached hydrogens (tertiary/aromatic N) is 1. The average Bonchev–Trinajstić information content (AvgIpc) is 3.37. The molecule has 0 heterocycles. The van der Waals surface area contributed by atoms with Crippen molar-refractivity contribution >= 4 is 28.6 Å². The highest BCUT2D eigenvalue weighted by Gasteiger charge is 2.37. The highest BCUT2D eigenvalue weighted by molar-refractivity contribution is 6.16. The summed E-state index contributed by atoms with van der Waals surface area (Å²) in [6.07, 6.45) is 0. The molecule has 0 saturated carbocycles. The van der Waals surface area contributed by atoms with Crippen LogP contribution in [0.25, 0.3) is 27.8 Å². The largest absolute Gasteiger partial charge is 0.478 e. The monoisotopic (exact) mass is 547 g/mol. The molecule has 0 atom stereocenters. The van der Waals surface area contributed by atoms with Gasteiger partial charge in [-0.2, -0.15) is 0 Å². The molecular formula is C39H33NO2. The molecule has 0 amide bonds. The predicted octanol–water partition coefficient (Wildman–Crippen LogP) is 9.87. The summed E-state index contributed by atoms with van der Waals surface area (Å²) in [5, 5.41) is 9.96. The lowest BCUT2D eigenvalue weighted by molar-refractivity contribution is -0.130.